The number of carbonyl (C=O) groups excluding carboxylic acids is 1. The van der Waals surface area contributed by atoms with Crippen molar-refractivity contribution in [3.8, 4) is 16.9 Å². The Balaban J connectivity index is 1.35. The Hall–Kier alpha value is -3.99. The molecule has 5 rings (SSSR count). The number of ether oxygens (including phenoxy) is 1. The first-order chi connectivity index (χ1) is 17.6. The number of alkyl carbamates (subject to hydrolysis) is 1. The first-order valence-electron chi connectivity index (χ1n) is 11.9. The van der Waals surface area contributed by atoms with Gasteiger partial charge in [-0.3, -0.25) is 4.57 Å². The van der Waals surface area contributed by atoms with Crippen LogP contribution in [0.25, 0.3) is 28.0 Å². The van der Waals surface area contributed by atoms with Crippen LogP contribution in [0.15, 0.2) is 65.6 Å². The zero-order valence-corrected chi connectivity index (χ0v) is 19.6. The Morgan fingerprint density at radius 3 is 2.61 bits per heavy atom. The first-order valence-corrected chi connectivity index (χ1v) is 11.9. The summed E-state index contributed by atoms with van der Waals surface area (Å²) in [4.78, 5) is 31.7. The number of aliphatic hydroxyl groups excluding tert-OH is 1. The van der Waals surface area contributed by atoms with Gasteiger partial charge in [-0.05, 0) is 54.4 Å². The van der Waals surface area contributed by atoms with E-state index >= 15 is 0 Å². The van der Waals surface area contributed by atoms with Crippen LogP contribution in [0.4, 0.5) is 4.79 Å². The molecule has 10 nitrogen and oxygen atoms in total. The molecular weight excluding hydrogens is 460 g/mol. The van der Waals surface area contributed by atoms with Crippen molar-refractivity contribution >= 4 is 17.1 Å². The summed E-state index contributed by atoms with van der Waals surface area (Å²) >= 11 is 0. The number of benzene rings is 2. The number of amides is 1. The number of carbonyl (C=O) groups is 1. The lowest BCUT2D eigenvalue weighted by Crippen LogP contribution is -2.31. The summed E-state index contributed by atoms with van der Waals surface area (Å²) in [7, 11) is 0. The number of nitrogens with zero attached hydrogens (tertiary/aromatic N) is 2. The molecule has 1 aliphatic rings. The molecule has 4 aromatic rings. The molecule has 1 saturated heterocycles. The van der Waals surface area contributed by atoms with E-state index in [1.165, 1.54) is 4.57 Å². The Morgan fingerprint density at radius 1 is 1.11 bits per heavy atom. The van der Waals surface area contributed by atoms with Gasteiger partial charge in [0, 0.05) is 23.8 Å². The lowest BCUT2D eigenvalue weighted by molar-refractivity contribution is 0.119. The maximum atomic E-state index is 12.7. The van der Waals surface area contributed by atoms with Crippen molar-refractivity contribution in [1.29, 1.82) is 0 Å². The summed E-state index contributed by atoms with van der Waals surface area (Å²) in [5.74, 6) is 0. The molecule has 0 radical (unpaired) electrons. The van der Waals surface area contributed by atoms with Crippen LogP contribution in [0.5, 0.6) is 0 Å². The molecule has 2 atom stereocenters. The molecule has 0 bridgehead atoms. The van der Waals surface area contributed by atoms with E-state index < -0.39 is 18.2 Å². The Bertz CT molecular complexity index is 1410. The topological polar surface area (TPSA) is 147 Å². The average Bonchev–Trinajstić information content (AvgIpc) is 3.49. The van der Waals surface area contributed by atoms with Crippen molar-refractivity contribution in [3.63, 3.8) is 0 Å². The molecule has 0 saturated carbocycles. The van der Waals surface area contributed by atoms with Gasteiger partial charge >= 0.3 is 11.8 Å². The number of nitrogens with two attached hydrogens (primary N) is 1. The number of rotatable bonds is 9. The third-order valence-corrected chi connectivity index (χ3v) is 6.26. The smallest absolute Gasteiger partial charge is 0.408 e. The standard InChI is InChI=1S/C26H28N6O4/c27-10-1-11-28-13-16-2-8-20(9-3-16)32-14-19-12-21(29-24(19)31-25(32)34)17-4-6-18(7-5-17)23-22(15-33)30-26(35)36-23/h2-9,12,14,22-23,28,33H,1,10-11,13,15,27H2,(H,30,35)(H,29,31,34)/t22-,23-/m1/s1. The van der Waals surface area contributed by atoms with Gasteiger partial charge in [-0.15, -0.1) is 0 Å². The Morgan fingerprint density at radius 2 is 1.89 bits per heavy atom. The molecule has 1 aliphatic heterocycles. The molecule has 36 heavy (non-hydrogen) atoms. The normalized spacial score (nSPS) is 17.3. The van der Waals surface area contributed by atoms with E-state index in [0.717, 1.165) is 53.0 Å². The van der Waals surface area contributed by atoms with Crippen molar-refractivity contribution in [2.45, 2.75) is 25.1 Å². The highest BCUT2D eigenvalue weighted by Crippen LogP contribution is 2.29. The van der Waals surface area contributed by atoms with E-state index in [0.29, 0.717) is 12.2 Å². The number of aromatic amines is 1. The number of fused-ring (bicyclic) bond motifs is 1. The monoisotopic (exact) mass is 488 g/mol. The van der Waals surface area contributed by atoms with E-state index in [1.54, 1.807) is 6.20 Å². The highest BCUT2D eigenvalue weighted by atomic mass is 16.6. The molecule has 0 unspecified atom stereocenters. The fourth-order valence-electron chi connectivity index (χ4n) is 4.32. The van der Waals surface area contributed by atoms with Crippen molar-refractivity contribution in [1.82, 2.24) is 25.2 Å². The van der Waals surface area contributed by atoms with Gasteiger partial charge in [0.25, 0.3) is 0 Å². The van der Waals surface area contributed by atoms with Crippen molar-refractivity contribution in [3.05, 3.63) is 82.4 Å². The predicted molar refractivity (Wildman–Crippen MR) is 136 cm³/mol. The van der Waals surface area contributed by atoms with Gasteiger partial charge in [-0.1, -0.05) is 36.4 Å². The second kappa shape index (κ2) is 10.3. The highest BCUT2D eigenvalue weighted by molar-refractivity contribution is 5.82. The first kappa shape index (κ1) is 23.7. The molecule has 186 valence electrons. The Kier molecular flexibility index (Phi) is 6.81. The fraction of sp³-hybridized carbons (Fsp3) is 0.269. The summed E-state index contributed by atoms with van der Waals surface area (Å²) in [6, 6.07) is 16.8. The summed E-state index contributed by atoms with van der Waals surface area (Å²) < 4.78 is 6.81. The molecule has 2 aromatic carbocycles. The van der Waals surface area contributed by atoms with E-state index in [4.69, 9.17) is 10.5 Å². The molecule has 6 N–H and O–H groups in total. The van der Waals surface area contributed by atoms with Crippen LogP contribution in [-0.4, -0.2) is 51.5 Å². The van der Waals surface area contributed by atoms with E-state index in [-0.39, 0.29) is 12.3 Å². The lowest BCUT2D eigenvalue weighted by Gasteiger charge is -2.15. The minimum atomic E-state index is -0.545. The van der Waals surface area contributed by atoms with Crippen molar-refractivity contribution < 1.29 is 14.6 Å². The summed E-state index contributed by atoms with van der Waals surface area (Å²) in [6.45, 7) is 2.06. The van der Waals surface area contributed by atoms with Crippen LogP contribution < -0.4 is 22.1 Å². The van der Waals surface area contributed by atoms with Crippen molar-refractivity contribution in [2.24, 2.45) is 5.73 Å². The van der Waals surface area contributed by atoms with Gasteiger partial charge < -0.3 is 31.2 Å². The second-order valence-corrected chi connectivity index (χ2v) is 8.75. The number of H-pyrrole nitrogens is 1. The van der Waals surface area contributed by atoms with Gasteiger partial charge in [-0.2, -0.15) is 4.98 Å². The predicted octanol–water partition coefficient (Wildman–Crippen LogP) is 1.96. The van der Waals surface area contributed by atoms with E-state index in [2.05, 4.69) is 20.6 Å². The molecule has 2 aromatic heterocycles. The molecule has 3 heterocycles. The largest absolute Gasteiger partial charge is 0.439 e. The number of hydrogen-bond donors (Lipinski definition) is 5. The maximum absolute atomic E-state index is 12.7. The van der Waals surface area contributed by atoms with Crippen LogP contribution in [0, 0.1) is 0 Å². The summed E-state index contributed by atoms with van der Waals surface area (Å²) in [5.41, 5.74) is 9.99. The van der Waals surface area contributed by atoms with Crippen LogP contribution in [0.1, 0.15) is 23.7 Å². The average molecular weight is 489 g/mol. The third kappa shape index (κ3) is 4.87. The van der Waals surface area contributed by atoms with Crippen LogP contribution in [0.3, 0.4) is 0 Å². The Labute approximate surface area is 207 Å². The molecular formula is C26H28N6O4. The number of nitrogens with one attached hydrogen (secondary N) is 3. The van der Waals surface area contributed by atoms with E-state index in [9.17, 15) is 14.7 Å². The molecule has 1 amide bonds. The van der Waals surface area contributed by atoms with E-state index in [1.807, 2.05) is 54.6 Å². The fourth-order valence-corrected chi connectivity index (χ4v) is 4.32. The SMILES string of the molecule is NCCCNCc1ccc(-n2cc3cc(-c4ccc([C@H]5OC(=O)N[C@@H]5CO)cc4)[nH]c3nc2=O)cc1. The van der Waals surface area contributed by atoms with Gasteiger partial charge in [-0.25, -0.2) is 9.59 Å². The quantitative estimate of drug-likeness (QED) is 0.226. The maximum Gasteiger partial charge on any atom is 0.408 e. The zero-order chi connectivity index (χ0) is 25.1. The van der Waals surface area contributed by atoms with Crippen LogP contribution in [0.2, 0.25) is 0 Å². The second-order valence-electron chi connectivity index (χ2n) is 8.75. The highest BCUT2D eigenvalue weighted by Gasteiger charge is 2.34. The minimum Gasteiger partial charge on any atom is -0.439 e. The number of cyclic esters (lactones) is 1. The van der Waals surface area contributed by atoms with Crippen LogP contribution in [-0.2, 0) is 11.3 Å². The molecule has 10 heteroatoms. The van der Waals surface area contributed by atoms with Gasteiger partial charge in [0.05, 0.1) is 18.3 Å². The van der Waals surface area contributed by atoms with Gasteiger partial charge in [0.2, 0.25) is 0 Å². The van der Waals surface area contributed by atoms with Gasteiger partial charge in [0.1, 0.15) is 5.65 Å². The van der Waals surface area contributed by atoms with Crippen molar-refractivity contribution in [2.75, 3.05) is 19.7 Å². The van der Waals surface area contributed by atoms with Gasteiger partial charge in [0.15, 0.2) is 6.10 Å². The summed E-state index contributed by atoms with van der Waals surface area (Å²) in [5, 5.41) is 16.2. The molecule has 0 aliphatic carbocycles. The number of aliphatic hydroxyl groups is 1. The zero-order valence-electron chi connectivity index (χ0n) is 19.6. The third-order valence-electron chi connectivity index (χ3n) is 6.26. The van der Waals surface area contributed by atoms with Crippen LogP contribution >= 0.6 is 0 Å². The number of hydrogen-bond acceptors (Lipinski definition) is 7. The minimum absolute atomic E-state index is 0.211. The molecule has 0 spiro atoms. The lowest BCUT2D eigenvalue weighted by atomic mass is 10.0. The molecule has 1 fully saturated rings. The number of aromatic nitrogens is 3. The summed E-state index contributed by atoms with van der Waals surface area (Å²) in [6.07, 6.45) is 1.62.